The van der Waals surface area contributed by atoms with E-state index in [1.54, 1.807) is 7.11 Å². The molecule has 0 N–H and O–H groups in total. The molecule has 2 nitrogen and oxygen atoms in total. The van der Waals surface area contributed by atoms with Gasteiger partial charge in [0.15, 0.2) is 11.5 Å². The number of methoxy groups -OCH3 is 1. The highest BCUT2D eigenvalue weighted by Crippen LogP contribution is 2.33. The molecule has 0 heterocycles. The lowest BCUT2D eigenvalue weighted by atomic mass is 10.1. The summed E-state index contributed by atoms with van der Waals surface area (Å²) in [5.41, 5.74) is 2.35. The van der Waals surface area contributed by atoms with Crippen molar-refractivity contribution in [2.45, 2.75) is 20.3 Å². The Hall–Kier alpha value is -1.96. The Bertz CT molecular complexity index is 532. The Morgan fingerprint density at radius 1 is 0.944 bits per heavy atom. The summed E-state index contributed by atoms with van der Waals surface area (Å²) in [5.74, 6) is 2.39. The zero-order valence-corrected chi connectivity index (χ0v) is 11.1. The molecular formula is C16H18O2. The van der Waals surface area contributed by atoms with Crippen molar-refractivity contribution >= 4 is 0 Å². The van der Waals surface area contributed by atoms with Gasteiger partial charge in [-0.25, -0.2) is 0 Å². The first-order valence-electron chi connectivity index (χ1n) is 6.15. The molecule has 0 radical (unpaired) electrons. The van der Waals surface area contributed by atoms with E-state index in [1.807, 2.05) is 43.3 Å². The zero-order chi connectivity index (χ0) is 13.0. The van der Waals surface area contributed by atoms with Gasteiger partial charge in [0, 0.05) is 0 Å². The Balaban J connectivity index is 2.32. The minimum atomic E-state index is 0.754. The molecule has 18 heavy (non-hydrogen) atoms. The Labute approximate surface area is 108 Å². The van der Waals surface area contributed by atoms with Gasteiger partial charge in [-0.1, -0.05) is 31.2 Å². The summed E-state index contributed by atoms with van der Waals surface area (Å²) in [6.45, 7) is 4.15. The van der Waals surface area contributed by atoms with E-state index in [4.69, 9.17) is 9.47 Å². The third-order valence-corrected chi connectivity index (χ3v) is 2.95. The van der Waals surface area contributed by atoms with Crippen molar-refractivity contribution in [3.8, 4) is 17.2 Å². The van der Waals surface area contributed by atoms with Crippen LogP contribution in [-0.2, 0) is 6.42 Å². The van der Waals surface area contributed by atoms with Crippen LogP contribution in [0.3, 0.4) is 0 Å². The van der Waals surface area contributed by atoms with E-state index in [0.29, 0.717) is 0 Å². The summed E-state index contributed by atoms with van der Waals surface area (Å²) in [5, 5.41) is 0. The van der Waals surface area contributed by atoms with E-state index < -0.39 is 0 Å². The average molecular weight is 242 g/mol. The number of hydrogen-bond acceptors (Lipinski definition) is 2. The van der Waals surface area contributed by atoms with Gasteiger partial charge in [-0.3, -0.25) is 0 Å². The molecule has 2 rings (SSSR count). The summed E-state index contributed by atoms with van der Waals surface area (Å²) < 4.78 is 11.3. The number of benzene rings is 2. The second-order valence-corrected chi connectivity index (χ2v) is 4.21. The van der Waals surface area contributed by atoms with Crippen LogP contribution in [0.4, 0.5) is 0 Å². The van der Waals surface area contributed by atoms with Crippen LogP contribution in [0.1, 0.15) is 18.1 Å². The molecule has 2 heteroatoms. The van der Waals surface area contributed by atoms with Crippen LogP contribution in [0.15, 0.2) is 42.5 Å². The number of para-hydroxylation sites is 1. The van der Waals surface area contributed by atoms with Crippen molar-refractivity contribution < 1.29 is 9.47 Å². The molecule has 0 unspecified atom stereocenters. The normalized spacial score (nSPS) is 10.2. The molecule has 0 spiro atoms. The number of aryl methyl sites for hydroxylation is 2. The van der Waals surface area contributed by atoms with E-state index >= 15 is 0 Å². The fourth-order valence-corrected chi connectivity index (χ4v) is 1.81. The highest BCUT2D eigenvalue weighted by molar-refractivity contribution is 5.46. The summed E-state index contributed by atoms with van der Waals surface area (Å²) in [7, 11) is 1.67. The average Bonchev–Trinajstić information content (AvgIpc) is 2.41. The molecule has 2 aromatic rings. The molecule has 0 bridgehead atoms. The summed E-state index contributed by atoms with van der Waals surface area (Å²) in [6, 6.07) is 14.0. The van der Waals surface area contributed by atoms with Gasteiger partial charge in [0.2, 0.25) is 0 Å². The Kier molecular flexibility index (Phi) is 3.88. The fourth-order valence-electron chi connectivity index (χ4n) is 1.81. The quantitative estimate of drug-likeness (QED) is 0.793. The minimum Gasteiger partial charge on any atom is -0.493 e. The summed E-state index contributed by atoms with van der Waals surface area (Å²) in [4.78, 5) is 0. The van der Waals surface area contributed by atoms with Crippen molar-refractivity contribution in [2.24, 2.45) is 0 Å². The molecule has 94 valence electrons. The van der Waals surface area contributed by atoms with Crippen LogP contribution in [0.5, 0.6) is 17.2 Å². The molecule has 0 aromatic heterocycles. The first kappa shape index (κ1) is 12.5. The van der Waals surface area contributed by atoms with Crippen LogP contribution in [0.25, 0.3) is 0 Å². The predicted octanol–water partition coefficient (Wildman–Crippen LogP) is 4.36. The van der Waals surface area contributed by atoms with Gasteiger partial charge in [0.1, 0.15) is 5.75 Å². The predicted molar refractivity (Wildman–Crippen MR) is 73.6 cm³/mol. The number of rotatable bonds is 4. The Morgan fingerprint density at radius 3 is 2.39 bits per heavy atom. The highest BCUT2D eigenvalue weighted by atomic mass is 16.5. The van der Waals surface area contributed by atoms with E-state index in [9.17, 15) is 0 Å². The first-order valence-corrected chi connectivity index (χ1v) is 6.15. The Morgan fingerprint density at radius 2 is 1.72 bits per heavy atom. The molecule has 0 saturated heterocycles. The lowest BCUT2D eigenvalue weighted by Gasteiger charge is -2.12. The lowest BCUT2D eigenvalue weighted by Crippen LogP contribution is -1.93. The van der Waals surface area contributed by atoms with Crippen molar-refractivity contribution in [3.05, 3.63) is 53.6 Å². The van der Waals surface area contributed by atoms with Gasteiger partial charge in [0.05, 0.1) is 7.11 Å². The topological polar surface area (TPSA) is 18.5 Å². The van der Waals surface area contributed by atoms with Crippen molar-refractivity contribution in [3.63, 3.8) is 0 Å². The largest absolute Gasteiger partial charge is 0.493 e. The maximum absolute atomic E-state index is 5.91. The molecule has 0 aliphatic heterocycles. The van der Waals surface area contributed by atoms with Gasteiger partial charge in [-0.15, -0.1) is 0 Å². The molecule has 0 amide bonds. The van der Waals surface area contributed by atoms with Crippen LogP contribution in [0.2, 0.25) is 0 Å². The zero-order valence-electron chi connectivity index (χ0n) is 11.1. The molecule has 0 aliphatic carbocycles. The van der Waals surface area contributed by atoms with Gasteiger partial charge >= 0.3 is 0 Å². The third kappa shape index (κ3) is 2.65. The van der Waals surface area contributed by atoms with Gasteiger partial charge in [-0.05, 0) is 42.7 Å². The summed E-state index contributed by atoms with van der Waals surface area (Å²) >= 11 is 0. The van der Waals surface area contributed by atoms with Gasteiger partial charge < -0.3 is 9.47 Å². The maximum atomic E-state index is 5.91. The molecule has 0 atom stereocenters. The SMILES string of the molecule is CCc1ccc(Oc2ccccc2C)c(OC)c1. The van der Waals surface area contributed by atoms with Crippen LogP contribution < -0.4 is 9.47 Å². The van der Waals surface area contributed by atoms with Gasteiger partial charge in [0.25, 0.3) is 0 Å². The van der Waals surface area contributed by atoms with Gasteiger partial charge in [-0.2, -0.15) is 0 Å². The van der Waals surface area contributed by atoms with Crippen LogP contribution in [-0.4, -0.2) is 7.11 Å². The van der Waals surface area contributed by atoms with Crippen LogP contribution in [0, 0.1) is 6.92 Å². The number of hydrogen-bond donors (Lipinski definition) is 0. The smallest absolute Gasteiger partial charge is 0.169 e. The van der Waals surface area contributed by atoms with E-state index in [-0.39, 0.29) is 0 Å². The number of ether oxygens (including phenoxy) is 2. The molecule has 0 saturated carbocycles. The van der Waals surface area contributed by atoms with E-state index in [2.05, 4.69) is 13.0 Å². The third-order valence-electron chi connectivity index (χ3n) is 2.95. The monoisotopic (exact) mass is 242 g/mol. The van der Waals surface area contributed by atoms with Crippen molar-refractivity contribution in [1.29, 1.82) is 0 Å². The second kappa shape index (κ2) is 5.58. The lowest BCUT2D eigenvalue weighted by molar-refractivity contribution is 0.377. The maximum Gasteiger partial charge on any atom is 0.169 e. The van der Waals surface area contributed by atoms with Crippen molar-refractivity contribution in [2.75, 3.05) is 7.11 Å². The fraction of sp³-hybridized carbons (Fsp3) is 0.250. The molecule has 0 aliphatic rings. The van der Waals surface area contributed by atoms with Crippen LogP contribution >= 0.6 is 0 Å². The standard InChI is InChI=1S/C16H18O2/c1-4-13-9-10-15(16(11-13)17-3)18-14-8-6-5-7-12(14)2/h5-11H,4H2,1-3H3. The van der Waals surface area contributed by atoms with E-state index in [1.165, 1.54) is 5.56 Å². The molecular weight excluding hydrogens is 224 g/mol. The molecule has 2 aromatic carbocycles. The molecule has 0 fully saturated rings. The van der Waals surface area contributed by atoms with Crippen molar-refractivity contribution in [1.82, 2.24) is 0 Å². The van der Waals surface area contributed by atoms with E-state index in [0.717, 1.165) is 29.2 Å². The minimum absolute atomic E-state index is 0.754. The first-order chi connectivity index (χ1) is 8.74. The second-order valence-electron chi connectivity index (χ2n) is 4.21. The summed E-state index contributed by atoms with van der Waals surface area (Å²) in [6.07, 6.45) is 0.987. The highest BCUT2D eigenvalue weighted by Gasteiger charge is 2.07.